The van der Waals surface area contributed by atoms with Gasteiger partial charge in [-0.1, -0.05) is 12.1 Å². The van der Waals surface area contributed by atoms with Gasteiger partial charge in [-0.15, -0.1) is 0 Å². The van der Waals surface area contributed by atoms with E-state index in [9.17, 15) is 9.59 Å². The summed E-state index contributed by atoms with van der Waals surface area (Å²) >= 11 is 0. The topological polar surface area (TPSA) is 113 Å². The van der Waals surface area contributed by atoms with Crippen molar-refractivity contribution in [1.82, 2.24) is 30.4 Å². The summed E-state index contributed by atoms with van der Waals surface area (Å²) in [6.07, 6.45) is 3.91. The van der Waals surface area contributed by atoms with Gasteiger partial charge < -0.3 is 15.0 Å². The van der Waals surface area contributed by atoms with Gasteiger partial charge in [0.2, 0.25) is 0 Å². The van der Waals surface area contributed by atoms with Gasteiger partial charge in [-0.05, 0) is 37.1 Å². The van der Waals surface area contributed by atoms with E-state index in [4.69, 9.17) is 4.74 Å². The second-order valence-electron chi connectivity index (χ2n) is 7.47. The minimum absolute atomic E-state index is 0.0412. The number of aromatic amines is 1. The average molecular weight is 420 g/mol. The molecule has 0 spiro atoms. The van der Waals surface area contributed by atoms with Crippen LogP contribution < -0.4 is 10.1 Å². The summed E-state index contributed by atoms with van der Waals surface area (Å²) in [4.78, 5) is 35.9. The van der Waals surface area contributed by atoms with Crippen molar-refractivity contribution in [2.24, 2.45) is 0 Å². The van der Waals surface area contributed by atoms with Crippen molar-refractivity contribution >= 4 is 11.8 Å². The van der Waals surface area contributed by atoms with Crippen LogP contribution in [0.25, 0.3) is 0 Å². The molecule has 9 nitrogen and oxygen atoms in total. The molecular formula is C22H24N6O3. The van der Waals surface area contributed by atoms with E-state index in [0.29, 0.717) is 42.4 Å². The lowest BCUT2D eigenvalue weighted by atomic mass is 10.1. The number of carbonyl (C=O) groups excluding carboxylic acids is 2. The lowest BCUT2D eigenvalue weighted by molar-refractivity contribution is 0.0784. The van der Waals surface area contributed by atoms with Crippen LogP contribution in [0.2, 0.25) is 0 Å². The van der Waals surface area contributed by atoms with E-state index in [1.165, 1.54) is 0 Å². The quantitative estimate of drug-likeness (QED) is 0.631. The van der Waals surface area contributed by atoms with Gasteiger partial charge in [-0.2, -0.15) is 5.10 Å². The van der Waals surface area contributed by atoms with Gasteiger partial charge in [0.1, 0.15) is 17.3 Å². The van der Waals surface area contributed by atoms with Crippen LogP contribution in [-0.2, 0) is 6.54 Å². The average Bonchev–Trinajstić information content (AvgIpc) is 3.50. The SMILES string of the molecule is COc1cccc(CNC(=O)c2cnc([C@H]3CCN(C(=O)c4ccn[nH]4)C3)nc2C)c1. The van der Waals surface area contributed by atoms with Gasteiger partial charge in [0.05, 0.1) is 18.4 Å². The van der Waals surface area contributed by atoms with E-state index in [0.717, 1.165) is 17.7 Å². The molecule has 0 unspecified atom stereocenters. The largest absolute Gasteiger partial charge is 0.497 e. The third-order valence-corrected chi connectivity index (χ3v) is 5.40. The lowest BCUT2D eigenvalue weighted by Crippen LogP contribution is -2.29. The maximum absolute atomic E-state index is 12.6. The van der Waals surface area contributed by atoms with Crippen LogP contribution in [-0.4, -0.2) is 57.1 Å². The van der Waals surface area contributed by atoms with Gasteiger partial charge in [0, 0.05) is 37.9 Å². The highest BCUT2D eigenvalue weighted by atomic mass is 16.5. The van der Waals surface area contributed by atoms with E-state index in [1.807, 2.05) is 24.3 Å². The normalized spacial score (nSPS) is 15.7. The fraction of sp³-hybridized carbons (Fsp3) is 0.318. The minimum atomic E-state index is -0.227. The van der Waals surface area contributed by atoms with Gasteiger partial charge >= 0.3 is 0 Å². The van der Waals surface area contributed by atoms with Gasteiger partial charge in [-0.3, -0.25) is 14.7 Å². The molecule has 3 aromatic rings. The van der Waals surface area contributed by atoms with Crippen molar-refractivity contribution in [2.75, 3.05) is 20.2 Å². The van der Waals surface area contributed by atoms with Crippen LogP contribution >= 0.6 is 0 Å². The molecule has 9 heteroatoms. The first kappa shape index (κ1) is 20.5. The highest BCUT2D eigenvalue weighted by Gasteiger charge is 2.30. The number of ether oxygens (including phenoxy) is 1. The number of hydrogen-bond donors (Lipinski definition) is 2. The van der Waals surface area contributed by atoms with Gasteiger partial charge in [0.25, 0.3) is 11.8 Å². The second kappa shape index (κ2) is 8.95. The highest BCUT2D eigenvalue weighted by molar-refractivity contribution is 5.95. The number of amides is 2. The summed E-state index contributed by atoms with van der Waals surface area (Å²) in [6.45, 7) is 3.35. The van der Waals surface area contributed by atoms with E-state index >= 15 is 0 Å². The molecule has 1 aromatic carbocycles. The molecule has 3 heterocycles. The fourth-order valence-electron chi connectivity index (χ4n) is 3.67. The van der Waals surface area contributed by atoms with Crippen molar-refractivity contribution in [2.45, 2.75) is 25.8 Å². The predicted octanol–water partition coefficient (Wildman–Crippen LogP) is 2.08. The molecular weight excluding hydrogens is 396 g/mol. The second-order valence-corrected chi connectivity index (χ2v) is 7.47. The first-order chi connectivity index (χ1) is 15.0. The third-order valence-electron chi connectivity index (χ3n) is 5.40. The number of carbonyl (C=O) groups is 2. The van der Waals surface area contributed by atoms with Crippen molar-refractivity contribution in [3.05, 3.63) is 71.1 Å². The zero-order valence-electron chi connectivity index (χ0n) is 17.5. The van der Waals surface area contributed by atoms with Crippen LogP contribution in [0.5, 0.6) is 5.75 Å². The Kier molecular flexibility index (Phi) is 5.92. The number of rotatable bonds is 6. The zero-order valence-corrected chi connectivity index (χ0v) is 17.5. The van der Waals surface area contributed by atoms with Crippen LogP contribution in [0.1, 0.15) is 50.3 Å². The van der Waals surface area contributed by atoms with E-state index in [-0.39, 0.29) is 17.7 Å². The molecule has 1 fully saturated rings. The molecule has 0 radical (unpaired) electrons. The maximum Gasteiger partial charge on any atom is 0.271 e. The van der Waals surface area contributed by atoms with Crippen LogP contribution in [0.3, 0.4) is 0 Å². The predicted molar refractivity (Wildman–Crippen MR) is 113 cm³/mol. The number of nitrogens with one attached hydrogen (secondary N) is 2. The first-order valence-electron chi connectivity index (χ1n) is 10.1. The molecule has 2 N–H and O–H groups in total. The number of benzene rings is 1. The van der Waals surface area contributed by atoms with E-state index in [1.54, 1.807) is 37.4 Å². The Morgan fingerprint density at radius 1 is 1.32 bits per heavy atom. The molecule has 0 bridgehead atoms. The Balaban J connectivity index is 1.38. The maximum atomic E-state index is 12.6. The van der Waals surface area contributed by atoms with Crippen molar-refractivity contribution in [1.29, 1.82) is 0 Å². The van der Waals surface area contributed by atoms with E-state index in [2.05, 4.69) is 25.5 Å². The number of methoxy groups -OCH3 is 1. The number of nitrogens with zero attached hydrogens (tertiary/aromatic N) is 4. The summed E-state index contributed by atoms with van der Waals surface area (Å²) in [5.41, 5.74) is 2.47. The molecule has 0 aliphatic carbocycles. The number of aromatic nitrogens is 4. The monoisotopic (exact) mass is 420 g/mol. The third kappa shape index (κ3) is 4.55. The molecule has 1 saturated heterocycles. The van der Waals surface area contributed by atoms with E-state index < -0.39 is 0 Å². The number of likely N-dealkylation sites (tertiary alicyclic amines) is 1. The first-order valence-corrected chi connectivity index (χ1v) is 10.1. The Labute approximate surface area is 179 Å². The van der Waals surface area contributed by atoms with Gasteiger partial charge in [0.15, 0.2) is 0 Å². The molecule has 2 amide bonds. The van der Waals surface area contributed by atoms with Gasteiger partial charge in [-0.25, -0.2) is 9.97 Å². The summed E-state index contributed by atoms with van der Waals surface area (Å²) < 4.78 is 5.21. The van der Waals surface area contributed by atoms with Crippen molar-refractivity contribution in [3.8, 4) is 5.75 Å². The Hall–Kier alpha value is -3.75. The smallest absolute Gasteiger partial charge is 0.271 e. The Morgan fingerprint density at radius 2 is 2.19 bits per heavy atom. The molecule has 31 heavy (non-hydrogen) atoms. The molecule has 2 aromatic heterocycles. The van der Waals surface area contributed by atoms with Crippen LogP contribution in [0.15, 0.2) is 42.7 Å². The summed E-state index contributed by atoms with van der Waals surface area (Å²) in [5, 5.41) is 9.43. The fourth-order valence-corrected chi connectivity index (χ4v) is 3.67. The molecule has 1 aliphatic rings. The van der Waals surface area contributed by atoms with Crippen molar-refractivity contribution in [3.63, 3.8) is 0 Å². The zero-order chi connectivity index (χ0) is 21.8. The Morgan fingerprint density at radius 3 is 2.94 bits per heavy atom. The van der Waals surface area contributed by atoms with Crippen LogP contribution in [0, 0.1) is 6.92 Å². The minimum Gasteiger partial charge on any atom is -0.497 e. The number of aryl methyl sites for hydroxylation is 1. The lowest BCUT2D eigenvalue weighted by Gasteiger charge is -2.15. The Bertz CT molecular complexity index is 1080. The molecule has 1 aliphatic heterocycles. The van der Waals surface area contributed by atoms with Crippen LogP contribution in [0.4, 0.5) is 0 Å². The number of H-pyrrole nitrogens is 1. The summed E-state index contributed by atoms with van der Waals surface area (Å²) in [5.74, 6) is 1.13. The van der Waals surface area contributed by atoms with Crippen molar-refractivity contribution < 1.29 is 14.3 Å². The standard InChI is InChI=1S/C22H24N6O3/c1-14-18(21(29)24-11-15-4-3-5-17(10-15)31-2)12-23-20(26-14)16-7-9-28(13-16)22(30)19-6-8-25-27-19/h3-6,8,10,12,16H,7,9,11,13H2,1-2H3,(H,24,29)(H,25,27)/t16-/m0/s1. The molecule has 0 saturated carbocycles. The molecule has 160 valence electrons. The summed E-state index contributed by atoms with van der Waals surface area (Å²) in [6, 6.07) is 9.20. The molecule has 1 atom stereocenters. The number of hydrogen-bond acceptors (Lipinski definition) is 6. The molecule has 4 rings (SSSR count). The highest BCUT2D eigenvalue weighted by Crippen LogP contribution is 2.26. The summed E-state index contributed by atoms with van der Waals surface area (Å²) in [7, 11) is 1.61.